The molecule has 0 radical (unpaired) electrons. The summed E-state index contributed by atoms with van der Waals surface area (Å²) < 4.78 is 5.66. The zero-order valence-corrected chi connectivity index (χ0v) is 11.4. The molecule has 0 aromatic carbocycles. The van der Waals surface area contributed by atoms with E-state index in [0.717, 1.165) is 38.7 Å². The van der Waals surface area contributed by atoms with Gasteiger partial charge >= 0.3 is 0 Å². The summed E-state index contributed by atoms with van der Waals surface area (Å²) in [5.41, 5.74) is 5.80. The molecule has 0 aromatic heterocycles. The maximum absolute atomic E-state index is 11.9. The zero-order valence-electron chi connectivity index (χ0n) is 11.4. The number of amides is 1. The highest BCUT2D eigenvalue weighted by Crippen LogP contribution is 2.26. The van der Waals surface area contributed by atoms with E-state index in [1.165, 1.54) is 6.42 Å². The van der Waals surface area contributed by atoms with Gasteiger partial charge in [0.2, 0.25) is 5.91 Å². The van der Waals surface area contributed by atoms with Crippen molar-refractivity contribution >= 4 is 5.91 Å². The summed E-state index contributed by atoms with van der Waals surface area (Å²) in [6, 6.07) is 0.298. The van der Waals surface area contributed by atoms with Crippen LogP contribution < -0.4 is 11.1 Å². The van der Waals surface area contributed by atoms with Crippen LogP contribution in [0, 0.1) is 5.92 Å². The standard InChI is InChI=1S/C14H26N2O2/c1-14(6-3-7-18-14)10-16-13(17)9-11-4-2-5-12(15)8-11/h11-12H,2-10,15H2,1H3,(H,16,17). The largest absolute Gasteiger partial charge is 0.373 e. The molecule has 0 aromatic rings. The average Bonchev–Trinajstić information content (AvgIpc) is 2.74. The summed E-state index contributed by atoms with van der Waals surface area (Å²) >= 11 is 0. The molecule has 0 bridgehead atoms. The van der Waals surface area contributed by atoms with Crippen molar-refractivity contribution in [1.82, 2.24) is 5.32 Å². The number of rotatable bonds is 4. The Morgan fingerprint density at radius 3 is 2.94 bits per heavy atom. The monoisotopic (exact) mass is 254 g/mol. The van der Waals surface area contributed by atoms with E-state index in [-0.39, 0.29) is 11.5 Å². The van der Waals surface area contributed by atoms with Crippen molar-refractivity contribution < 1.29 is 9.53 Å². The van der Waals surface area contributed by atoms with Crippen LogP contribution in [0.4, 0.5) is 0 Å². The number of carbonyl (C=O) groups is 1. The first-order valence-corrected chi connectivity index (χ1v) is 7.24. The van der Waals surface area contributed by atoms with Crippen LogP contribution in [0.25, 0.3) is 0 Å². The third-order valence-electron chi connectivity index (χ3n) is 4.26. The lowest BCUT2D eigenvalue weighted by Gasteiger charge is -2.27. The second-order valence-corrected chi connectivity index (χ2v) is 6.18. The van der Waals surface area contributed by atoms with Gasteiger partial charge in [-0.3, -0.25) is 4.79 Å². The second kappa shape index (κ2) is 6.02. The summed E-state index contributed by atoms with van der Waals surface area (Å²) in [5.74, 6) is 0.636. The number of hydrogen-bond acceptors (Lipinski definition) is 3. The van der Waals surface area contributed by atoms with Crippen LogP contribution >= 0.6 is 0 Å². The molecule has 1 saturated carbocycles. The van der Waals surface area contributed by atoms with Gasteiger partial charge in [-0.25, -0.2) is 0 Å². The molecule has 1 saturated heterocycles. The van der Waals surface area contributed by atoms with Crippen LogP contribution in [0.2, 0.25) is 0 Å². The highest BCUT2D eigenvalue weighted by Gasteiger charge is 2.30. The highest BCUT2D eigenvalue weighted by atomic mass is 16.5. The van der Waals surface area contributed by atoms with E-state index >= 15 is 0 Å². The number of nitrogens with two attached hydrogens (primary N) is 1. The van der Waals surface area contributed by atoms with Crippen LogP contribution in [-0.4, -0.2) is 30.7 Å². The first-order chi connectivity index (χ1) is 8.57. The lowest BCUT2D eigenvalue weighted by Crippen LogP contribution is -2.41. The van der Waals surface area contributed by atoms with Gasteiger partial charge in [-0.15, -0.1) is 0 Å². The molecule has 18 heavy (non-hydrogen) atoms. The first-order valence-electron chi connectivity index (χ1n) is 7.24. The van der Waals surface area contributed by atoms with E-state index in [0.29, 0.717) is 24.9 Å². The minimum absolute atomic E-state index is 0.140. The van der Waals surface area contributed by atoms with Crippen LogP contribution in [0.3, 0.4) is 0 Å². The van der Waals surface area contributed by atoms with Crippen molar-refractivity contribution in [1.29, 1.82) is 0 Å². The van der Waals surface area contributed by atoms with Gasteiger partial charge < -0.3 is 15.8 Å². The maximum Gasteiger partial charge on any atom is 0.220 e. The molecule has 2 fully saturated rings. The van der Waals surface area contributed by atoms with Gasteiger partial charge in [0.05, 0.1) is 5.60 Å². The van der Waals surface area contributed by atoms with Crippen molar-refractivity contribution in [3.63, 3.8) is 0 Å². The topological polar surface area (TPSA) is 64.4 Å². The summed E-state index contributed by atoms with van der Waals surface area (Å²) in [4.78, 5) is 11.9. The molecule has 2 rings (SSSR count). The van der Waals surface area contributed by atoms with E-state index < -0.39 is 0 Å². The first kappa shape index (κ1) is 13.8. The summed E-state index contributed by atoms with van der Waals surface area (Å²) in [7, 11) is 0. The Hall–Kier alpha value is -0.610. The van der Waals surface area contributed by atoms with Crippen molar-refractivity contribution in [2.45, 2.75) is 63.5 Å². The third-order valence-corrected chi connectivity index (χ3v) is 4.26. The van der Waals surface area contributed by atoms with Crippen LogP contribution in [-0.2, 0) is 9.53 Å². The quantitative estimate of drug-likeness (QED) is 0.800. The second-order valence-electron chi connectivity index (χ2n) is 6.18. The number of ether oxygens (including phenoxy) is 1. The predicted molar refractivity (Wildman–Crippen MR) is 71.2 cm³/mol. The molecule has 1 heterocycles. The fourth-order valence-corrected chi connectivity index (χ4v) is 3.11. The Labute approximate surface area is 110 Å². The van der Waals surface area contributed by atoms with Gasteiger partial charge in [0.15, 0.2) is 0 Å². The lowest BCUT2D eigenvalue weighted by molar-refractivity contribution is -0.123. The molecule has 2 aliphatic rings. The van der Waals surface area contributed by atoms with Gasteiger partial charge in [0.25, 0.3) is 0 Å². The Morgan fingerprint density at radius 1 is 1.44 bits per heavy atom. The maximum atomic E-state index is 11.9. The molecular weight excluding hydrogens is 228 g/mol. The Morgan fingerprint density at radius 2 is 2.28 bits per heavy atom. The van der Waals surface area contributed by atoms with Crippen LogP contribution in [0.15, 0.2) is 0 Å². The van der Waals surface area contributed by atoms with Gasteiger partial charge in [-0.05, 0) is 44.9 Å². The fraction of sp³-hybridized carbons (Fsp3) is 0.929. The van der Waals surface area contributed by atoms with Crippen LogP contribution in [0.5, 0.6) is 0 Å². The minimum atomic E-state index is -0.140. The van der Waals surface area contributed by atoms with E-state index in [2.05, 4.69) is 12.2 Å². The SMILES string of the molecule is CC1(CNC(=O)CC2CCCC(N)C2)CCCO1. The van der Waals surface area contributed by atoms with Gasteiger partial charge in [-0.2, -0.15) is 0 Å². The van der Waals surface area contributed by atoms with E-state index in [4.69, 9.17) is 10.5 Å². The smallest absolute Gasteiger partial charge is 0.220 e. The molecule has 104 valence electrons. The number of nitrogens with one attached hydrogen (secondary N) is 1. The fourth-order valence-electron chi connectivity index (χ4n) is 3.11. The number of carbonyl (C=O) groups excluding carboxylic acids is 1. The van der Waals surface area contributed by atoms with E-state index in [1.807, 2.05) is 0 Å². The van der Waals surface area contributed by atoms with Gasteiger partial charge in [0.1, 0.15) is 0 Å². The third kappa shape index (κ3) is 3.95. The number of hydrogen-bond donors (Lipinski definition) is 2. The zero-order chi connectivity index (χ0) is 13.0. The molecule has 0 spiro atoms. The van der Waals surface area contributed by atoms with E-state index in [9.17, 15) is 4.79 Å². The molecule has 1 aliphatic carbocycles. The van der Waals surface area contributed by atoms with Gasteiger partial charge in [0, 0.05) is 25.6 Å². The molecule has 3 N–H and O–H groups in total. The predicted octanol–water partition coefficient (Wildman–Crippen LogP) is 1.58. The molecule has 1 amide bonds. The molecule has 3 atom stereocenters. The van der Waals surface area contributed by atoms with E-state index in [1.54, 1.807) is 0 Å². The summed E-state index contributed by atoms with van der Waals surface area (Å²) in [6.45, 7) is 3.55. The Kier molecular flexibility index (Phi) is 4.62. The van der Waals surface area contributed by atoms with Crippen molar-refractivity contribution in [2.24, 2.45) is 11.7 Å². The van der Waals surface area contributed by atoms with Crippen molar-refractivity contribution in [3.05, 3.63) is 0 Å². The van der Waals surface area contributed by atoms with Crippen molar-refractivity contribution in [2.75, 3.05) is 13.2 Å². The lowest BCUT2D eigenvalue weighted by atomic mass is 9.84. The van der Waals surface area contributed by atoms with Crippen LogP contribution in [0.1, 0.15) is 51.9 Å². The molecule has 4 nitrogen and oxygen atoms in total. The average molecular weight is 254 g/mol. The molecule has 1 aliphatic heterocycles. The minimum Gasteiger partial charge on any atom is -0.373 e. The molecular formula is C14H26N2O2. The summed E-state index contributed by atoms with van der Waals surface area (Å²) in [6.07, 6.45) is 7.20. The normalized spacial score (nSPS) is 36.6. The van der Waals surface area contributed by atoms with Gasteiger partial charge in [-0.1, -0.05) is 6.42 Å². The molecule has 3 unspecified atom stereocenters. The van der Waals surface area contributed by atoms with Crippen molar-refractivity contribution in [3.8, 4) is 0 Å². The Bertz CT molecular complexity index is 288. The molecule has 4 heteroatoms. The Balaban J connectivity index is 1.68. The summed E-state index contributed by atoms with van der Waals surface area (Å²) in [5, 5.41) is 3.02. The highest BCUT2D eigenvalue weighted by molar-refractivity contribution is 5.76.